The van der Waals surface area contributed by atoms with Gasteiger partial charge in [-0.25, -0.2) is 18.4 Å². The van der Waals surface area contributed by atoms with Gasteiger partial charge < -0.3 is 9.64 Å². The second kappa shape index (κ2) is 8.81. The summed E-state index contributed by atoms with van der Waals surface area (Å²) in [6, 6.07) is 18.3. The first-order chi connectivity index (χ1) is 14.6. The molecule has 4 rings (SSSR count). The summed E-state index contributed by atoms with van der Waals surface area (Å²) in [5.74, 6) is 1.62. The molecule has 0 amide bonds. The number of rotatable bonds is 6. The predicted octanol–water partition coefficient (Wildman–Crippen LogP) is 3.05. The molecule has 0 atom stereocenters. The summed E-state index contributed by atoms with van der Waals surface area (Å²) >= 11 is 0. The van der Waals surface area contributed by atoms with E-state index in [0.717, 1.165) is 22.8 Å². The molecule has 2 heterocycles. The van der Waals surface area contributed by atoms with Crippen LogP contribution in [0.2, 0.25) is 0 Å². The number of anilines is 1. The van der Waals surface area contributed by atoms with Gasteiger partial charge in [0.2, 0.25) is 10.0 Å². The van der Waals surface area contributed by atoms with E-state index in [1.54, 1.807) is 30.6 Å². The highest BCUT2D eigenvalue weighted by atomic mass is 32.2. The number of benzene rings is 2. The number of hydrogen-bond donors (Lipinski definition) is 0. The second-order valence-electron chi connectivity index (χ2n) is 6.92. The first-order valence-electron chi connectivity index (χ1n) is 9.93. The highest BCUT2D eigenvalue weighted by molar-refractivity contribution is 7.89. The van der Waals surface area contributed by atoms with Gasteiger partial charge in [-0.2, -0.15) is 4.31 Å². The summed E-state index contributed by atoms with van der Waals surface area (Å²) in [5, 5.41) is 0. The van der Waals surface area contributed by atoms with Crippen molar-refractivity contribution in [3.63, 3.8) is 0 Å². The van der Waals surface area contributed by atoms with E-state index in [2.05, 4.69) is 14.9 Å². The van der Waals surface area contributed by atoms with Crippen molar-refractivity contribution in [1.29, 1.82) is 0 Å². The van der Waals surface area contributed by atoms with Crippen LogP contribution in [0.1, 0.15) is 6.92 Å². The maximum Gasteiger partial charge on any atom is 0.243 e. The highest BCUT2D eigenvalue weighted by Gasteiger charge is 2.28. The first kappa shape index (κ1) is 20.3. The van der Waals surface area contributed by atoms with Gasteiger partial charge >= 0.3 is 0 Å². The lowest BCUT2D eigenvalue weighted by atomic mass is 10.1. The van der Waals surface area contributed by atoms with E-state index < -0.39 is 10.0 Å². The zero-order valence-electron chi connectivity index (χ0n) is 16.8. The third-order valence-electron chi connectivity index (χ3n) is 5.06. The average molecular weight is 425 g/mol. The number of piperazine rings is 1. The number of hydrogen-bond acceptors (Lipinski definition) is 6. The topological polar surface area (TPSA) is 75.6 Å². The molecule has 0 bridgehead atoms. The predicted molar refractivity (Wildman–Crippen MR) is 116 cm³/mol. The molecule has 1 aliphatic rings. The Morgan fingerprint density at radius 1 is 0.933 bits per heavy atom. The lowest BCUT2D eigenvalue weighted by Gasteiger charge is -2.34. The quantitative estimate of drug-likeness (QED) is 0.605. The smallest absolute Gasteiger partial charge is 0.243 e. The van der Waals surface area contributed by atoms with E-state index in [4.69, 9.17) is 4.74 Å². The number of sulfonamides is 1. The molecule has 1 aliphatic heterocycles. The Hall–Kier alpha value is -2.97. The minimum atomic E-state index is -3.47. The van der Waals surface area contributed by atoms with Crippen molar-refractivity contribution < 1.29 is 13.2 Å². The lowest BCUT2D eigenvalue weighted by Crippen LogP contribution is -2.48. The maximum absolute atomic E-state index is 12.8. The third-order valence-corrected chi connectivity index (χ3v) is 6.97. The molecule has 0 N–H and O–H groups in total. The molecule has 0 saturated carbocycles. The Kier molecular flexibility index (Phi) is 5.96. The summed E-state index contributed by atoms with van der Waals surface area (Å²) in [4.78, 5) is 11.2. The van der Waals surface area contributed by atoms with E-state index in [1.807, 2.05) is 43.3 Å². The lowest BCUT2D eigenvalue weighted by molar-refractivity contribution is 0.340. The average Bonchev–Trinajstić information content (AvgIpc) is 2.80. The highest BCUT2D eigenvalue weighted by Crippen LogP contribution is 2.25. The molecule has 0 unspecified atom stereocenters. The molecular weight excluding hydrogens is 400 g/mol. The van der Waals surface area contributed by atoms with Crippen molar-refractivity contribution >= 4 is 15.8 Å². The molecule has 30 heavy (non-hydrogen) atoms. The van der Waals surface area contributed by atoms with Crippen LogP contribution in [0.4, 0.5) is 5.82 Å². The van der Waals surface area contributed by atoms with Crippen LogP contribution < -0.4 is 9.64 Å². The fraction of sp³-hybridized carbons (Fsp3) is 0.273. The second-order valence-corrected chi connectivity index (χ2v) is 8.86. The molecule has 156 valence electrons. The molecule has 0 aliphatic carbocycles. The fourth-order valence-electron chi connectivity index (χ4n) is 3.47. The van der Waals surface area contributed by atoms with Gasteiger partial charge in [0.1, 0.15) is 17.9 Å². The van der Waals surface area contributed by atoms with E-state index in [9.17, 15) is 8.42 Å². The zero-order chi connectivity index (χ0) is 21.0. The normalized spacial score (nSPS) is 15.2. The maximum atomic E-state index is 12.8. The van der Waals surface area contributed by atoms with Gasteiger partial charge in [-0.3, -0.25) is 0 Å². The van der Waals surface area contributed by atoms with Gasteiger partial charge in [-0.1, -0.05) is 18.2 Å². The molecule has 1 saturated heterocycles. The Morgan fingerprint density at radius 2 is 1.63 bits per heavy atom. The summed E-state index contributed by atoms with van der Waals surface area (Å²) in [6.45, 7) is 4.56. The van der Waals surface area contributed by atoms with Crippen molar-refractivity contribution in [1.82, 2.24) is 14.3 Å². The largest absolute Gasteiger partial charge is 0.494 e. The van der Waals surface area contributed by atoms with E-state index >= 15 is 0 Å². The Bertz CT molecular complexity index is 1080. The van der Waals surface area contributed by atoms with Crippen molar-refractivity contribution in [2.24, 2.45) is 0 Å². The zero-order valence-corrected chi connectivity index (χ0v) is 17.6. The molecule has 1 aromatic heterocycles. The Labute approximate surface area is 177 Å². The van der Waals surface area contributed by atoms with Gasteiger partial charge in [-0.05, 0) is 43.3 Å². The fourth-order valence-corrected chi connectivity index (χ4v) is 4.91. The summed E-state index contributed by atoms with van der Waals surface area (Å²) in [7, 11) is -3.47. The minimum Gasteiger partial charge on any atom is -0.494 e. The first-order valence-corrected chi connectivity index (χ1v) is 11.4. The number of aromatic nitrogens is 2. The van der Waals surface area contributed by atoms with Crippen molar-refractivity contribution in [2.45, 2.75) is 11.8 Å². The third kappa shape index (κ3) is 4.29. The monoisotopic (exact) mass is 424 g/mol. The minimum absolute atomic E-state index is 0.332. The molecule has 0 spiro atoms. The molecule has 3 aromatic rings. The van der Waals surface area contributed by atoms with Gasteiger partial charge in [-0.15, -0.1) is 0 Å². The Morgan fingerprint density at radius 3 is 2.30 bits per heavy atom. The SMILES string of the molecule is CCOc1ccc(-c2cc(N3CCN(S(=O)(=O)c4ccccc4)CC3)ncn2)cc1. The van der Waals surface area contributed by atoms with E-state index in [-0.39, 0.29) is 0 Å². The van der Waals surface area contributed by atoms with E-state index in [0.29, 0.717) is 37.7 Å². The Balaban J connectivity index is 1.46. The molecule has 7 nitrogen and oxygen atoms in total. The van der Waals surface area contributed by atoms with Crippen LogP contribution in [-0.4, -0.2) is 55.5 Å². The summed E-state index contributed by atoms with van der Waals surface area (Å²) in [6.07, 6.45) is 1.55. The summed E-state index contributed by atoms with van der Waals surface area (Å²) in [5.41, 5.74) is 1.80. The summed E-state index contributed by atoms with van der Waals surface area (Å²) < 4.78 is 32.7. The van der Waals surface area contributed by atoms with Crippen LogP contribution in [-0.2, 0) is 10.0 Å². The van der Waals surface area contributed by atoms with Crippen molar-refractivity contribution in [3.8, 4) is 17.0 Å². The van der Waals surface area contributed by atoms with Crippen LogP contribution in [0.3, 0.4) is 0 Å². The molecular formula is C22H24N4O3S. The molecule has 2 aromatic carbocycles. The molecule has 8 heteroatoms. The standard InChI is InChI=1S/C22H24N4O3S/c1-2-29-19-10-8-18(9-11-19)21-16-22(24-17-23-21)25-12-14-26(15-13-25)30(27,28)20-6-4-3-5-7-20/h3-11,16-17H,2,12-15H2,1H3. The van der Waals surface area contributed by atoms with Crippen molar-refractivity contribution in [2.75, 3.05) is 37.7 Å². The van der Waals surface area contributed by atoms with Gasteiger partial charge in [0.15, 0.2) is 0 Å². The number of ether oxygens (including phenoxy) is 1. The van der Waals surface area contributed by atoms with Crippen LogP contribution in [0, 0.1) is 0 Å². The molecule has 0 radical (unpaired) electrons. The van der Waals surface area contributed by atoms with Crippen molar-refractivity contribution in [3.05, 3.63) is 67.0 Å². The van der Waals surface area contributed by atoms with Gasteiger partial charge in [0, 0.05) is 37.8 Å². The van der Waals surface area contributed by atoms with Crippen LogP contribution in [0.25, 0.3) is 11.3 Å². The van der Waals surface area contributed by atoms with Crippen LogP contribution in [0.15, 0.2) is 71.9 Å². The van der Waals surface area contributed by atoms with Gasteiger partial charge in [0.25, 0.3) is 0 Å². The van der Waals surface area contributed by atoms with E-state index in [1.165, 1.54) is 4.31 Å². The molecule has 1 fully saturated rings. The number of nitrogens with zero attached hydrogens (tertiary/aromatic N) is 4. The van der Waals surface area contributed by atoms with Crippen LogP contribution >= 0.6 is 0 Å². The van der Waals surface area contributed by atoms with Crippen LogP contribution in [0.5, 0.6) is 5.75 Å². The van der Waals surface area contributed by atoms with Gasteiger partial charge in [0.05, 0.1) is 17.2 Å².